The molecule has 0 N–H and O–H groups in total. The summed E-state index contributed by atoms with van der Waals surface area (Å²) < 4.78 is 0. The summed E-state index contributed by atoms with van der Waals surface area (Å²) in [5.74, 6) is 1.82. The molecule has 0 amide bonds. The molecule has 1 aliphatic rings. The second kappa shape index (κ2) is 4.09. The zero-order valence-corrected chi connectivity index (χ0v) is 9.92. The van der Waals surface area contributed by atoms with Gasteiger partial charge in [-0.2, -0.15) is 0 Å². The lowest BCUT2D eigenvalue weighted by Crippen LogP contribution is -2.32. The molecule has 1 rings (SSSR count). The molecule has 1 heteroatoms. The average molecular weight is 186 g/mol. The van der Waals surface area contributed by atoms with Crippen LogP contribution in [0.25, 0.3) is 0 Å². The van der Waals surface area contributed by atoms with Crippen LogP contribution in [0.4, 0.5) is 0 Å². The van der Waals surface area contributed by atoms with E-state index in [2.05, 4.69) is 30.0 Å². The molecule has 1 fully saturated rings. The summed E-state index contributed by atoms with van der Waals surface area (Å²) >= 11 is 0. The van der Waals surface area contributed by atoms with Gasteiger partial charge in [-0.3, -0.25) is 0 Å². The van der Waals surface area contributed by atoms with Crippen LogP contribution in [0.2, 0.25) is 0 Å². The number of hydrogen-bond acceptors (Lipinski definition) is 0. The van der Waals surface area contributed by atoms with Gasteiger partial charge in [-0.1, -0.05) is 33.6 Å². The van der Waals surface area contributed by atoms with Crippen molar-refractivity contribution in [1.82, 2.24) is 0 Å². The van der Waals surface area contributed by atoms with Gasteiger partial charge >= 0.3 is 0 Å². The van der Waals surface area contributed by atoms with Gasteiger partial charge in [-0.25, -0.2) is 0 Å². The van der Waals surface area contributed by atoms with Crippen LogP contribution in [0.5, 0.6) is 0 Å². The van der Waals surface area contributed by atoms with Gasteiger partial charge in [0.2, 0.25) is 0 Å². The van der Waals surface area contributed by atoms with Crippen molar-refractivity contribution in [2.24, 2.45) is 11.8 Å². The van der Waals surface area contributed by atoms with Gasteiger partial charge in [0.1, 0.15) is 0 Å². The molecule has 0 nitrogen and oxygen atoms in total. The van der Waals surface area contributed by atoms with Crippen LogP contribution in [0.15, 0.2) is 0 Å². The monoisotopic (exact) mass is 186 g/mol. The Morgan fingerprint density at radius 1 is 1.42 bits per heavy atom. The van der Waals surface area contributed by atoms with Crippen LogP contribution in [-0.4, -0.2) is 5.16 Å². The SMILES string of the molecule is CC(C)CC1CCCC[C@]1(C)P. The van der Waals surface area contributed by atoms with Crippen LogP contribution in [0.1, 0.15) is 52.9 Å². The number of hydrogen-bond donors (Lipinski definition) is 0. The molecule has 72 valence electrons. The third-order valence-corrected chi connectivity index (χ3v) is 3.97. The molecular formula is C11H23P. The molecule has 0 aliphatic heterocycles. The minimum atomic E-state index is 0.544. The minimum absolute atomic E-state index is 0.544. The molecule has 0 saturated heterocycles. The quantitative estimate of drug-likeness (QED) is 0.574. The Kier molecular flexibility index (Phi) is 3.58. The molecule has 3 atom stereocenters. The Hall–Kier alpha value is 0.430. The molecule has 12 heavy (non-hydrogen) atoms. The Morgan fingerprint density at radius 2 is 2.08 bits per heavy atom. The smallest absolute Gasteiger partial charge is 0.0150 e. The van der Waals surface area contributed by atoms with E-state index in [9.17, 15) is 0 Å². The molecule has 1 aliphatic carbocycles. The molecule has 1 saturated carbocycles. The van der Waals surface area contributed by atoms with Crippen molar-refractivity contribution in [1.29, 1.82) is 0 Å². The second-order valence-corrected chi connectivity index (χ2v) is 6.40. The van der Waals surface area contributed by atoms with E-state index in [0.29, 0.717) is 5.16 Å². The first-order chi connectivity index (χ1) is 5.52. The average Bonchev–Trinajstić information content (AvgIpc) is 1.92. The first-order valence-electron chi connectivity index (χ1n) is 5.31. The molecule has 0 aromatic heterocycles. The van der Waals surface area contributed by atoms with Gasteiger partial charge < -0.3 is 0 Å². The van der Waals surface area contributed by atoms with E-state index in [1.807, 2.05) is 0 Å². The van der Waals surface area contributed by atoms with E-state index in [-0.39, 0.29) is 0 Å². The Labute approximate surface area is 79.7 Å². The first kappa shape index (κ1) is 10.5. The number of rotatable bonds is 2. The fourth-order valence-corrected chi connectivity index (χ4v) is 2.89. The molecule has 0 aromatic rings. The van der Waals surface area contributed by atoms with Crippen LogP contribution in [0, 0.1) is 11.8 Å². The van der Waals surface area contributed by atoms with Gasteiger partial charge in [0.25, 0.3) is 0 Å². The standard InChI is InChI=1S/C11H23P/c1-9(2)8-10-6-4-5-7-11(10,3)12/h9-10H,4-8,12H2,1-3H3/t10?,11-/m0/s1. The van der Waals surface area contributed by atoms with Gasteiger partial charge in [0.05, 0.1) is 0 Å². The third-order valence-electron chi connectivity index (χ3n) is 3.21. The fraction of sp³-hybridized carbons (Fsp3) is 1.00. The lowest BCUT2D eigenvalue weighted by atomic mass is 9.75. The minimum Gasteiger partial charge on any atom is -0.131 e. The van der Waals surface area contributed by atoms with Crippen LogP contribution in [0.3, 0.4) is 0 Å². The molecular weight excluding hydrogens is 163 g/mol. The van der Waals surface area contributed by atoms with Gasteiger partial charge in [0.15, 0.2) is 0 Å². The molecule has 0 heterocycles. The maximum absolute atomic E-state index is 3.09. The van der Waals surface area contributed by atoms with E-state index in [0.717, 1.165) is 11.8 Å². The van der Waals surface area contributed by atoms with Gasteiger partial charge in [-0.05, 0) is 36.3 Å². The summed E-state index contributed by atoms with van der Waals surface area (Å²) in [6.07, 6.45) is 7.18. The predicted molar refractivity (Wildman–Crippen MR) is 59.5 cm³/mol. The topological polar surface area (TPSA) is 0 Å². The summed E-state index contributed by atoms with van der Waals surface area (Å²) in [6.45, 7) is 7.11. The maximum Gasteiger partial charge on any atom is -0.0150 e. The predicted octanol–water partition coefficient (Wildman–Crippen LogP) is 3.86. The molecule has 0 radical (unpaired) electrons. The lowest BCUT2D eigenvalue weighted by molar-refractivity contribution is 0.249. The van der Waals surface area contributed by atoms with Crippen molar-refractivity contribution in [2.75, 3.05) is 0 Å². The molecule has 0 bridgehead atoms. The zero-order chi connectivity index (χ0) is 9.19. The summed E-state index contributed by atoms with van der Waals surface area (Å²) in [7, 11) is 3.09. The highest BCUT2D eigenvalue weighted by molar-refractivity contribution is 7.18. The van der Waals surface area contributed by atoms with Crippen LogP contribution >= 0.6 is 9.24 Å². The van der Waals surface area contributed by atoms with Gasteiger partial charge in [-0.15, -0.1) is 9.24 Å². The van der Waals surface area contributed by atoms with Crippen molar-refractivity contribution >= 4 is 9.24 Å². The third kappa shape index (κ3) is 2.73. The lowest BCUT2D eigenvalue weighted by Gasteiger charge is -2.39. The normalized spacial score (nSPS) is 37.2. The first-order valence-corrected chi connectivity index (χ1v) is 5.89. The Bertz CT molecular complexity index is 138. The highest BCUT2D eigenvalue weighted by atomic mass is 31.0. The van der Waals surface area contributed by atoms with Crippen molar-refractivity contribution in [3.8, 4) is 0 Å². The van der Waals surface area contributed by atoms with E-state index < -0.39 is 0 Å². The Morgan fingerprint density at radius 3 is 2.58 bits per heavy atom. The summed E-state index contributed by atoms with van der Waals surface area (Å²) in [5, 5.41) is 0.544. The largest absolute Gasteiger partial charge is 0.131 e. The zero-order valence-electron chi connectivity index (χ0n) is 8.77. The van der Waals surface area contributed by atoms with Crippen LogP contribution in [-0.2, 0) is 0 Å². The highest BCUT2D eigenvalue weighted by Gasteiger charge is 2.32. The van der Waals surface area contributed by atoms with Crippen molar-refractivity contribution in [3.63, 3.8) is 0 Å². The second-order valence-electron chi connectivity index (χ2n) is 5.08. The molecule has 0 aromatic carbocycles. The fourth-order valence-electron chi connectivity index (χ4n) is 2.39. The summed E-state index contributed by atoms with van der Waals surface area (Å²) in [4.78, 5) is 0. The maximum atomic E-state index is 3.09. The Balaban J connectivity index is 2.48. The summed E-state index contributed by atoms with van der Waals surface area (Å²) in [6, 6.07) is 0. The van der Waals surface area contributed by atoms with Gasteiger partial charge in [0, 0.05) is 0 Å². The van der Waals surface area contributed by atoms with Crippen molar-refractivity contribution in [3.05, 3.63) is 0 Å². The van der Waals surface area contributed by atoms with Crippen molar-refractivity contribution < 1.29 is 0 Å². The van der Waals surface area contributed by atoms with Crippen LogP contribution < -0.4 is 0 Å². The highest BCUT2D eigenvalue weighted by Crippen LogP contribution is 2.43. The molecule has 0 spiro atoms. The van der Waals surface area contributed by atoms with E-state index in [4.69, 9.17) is 0 Å². The van der Waals surface area contributed by atoms with E-state index >= 15 is 0 Å². The molecule has 2 unspecified atom stereocenters. The van der Waals surface area contributed by atoms with Crippen molar-refractivity contribution in [2.45, 2.75) is 58.0 Å². The summed E-state index contributed by atoms with van der Waals surface area (Å²) in [5.41, 5.74) is 0. The van der Waals surface area contributed by atoms with E-state index in [1.54, 1.807) is 0 Å². The van der Waals surface area contributed by atoms with E-state index in [1.165, 1.54) is 32.1 Å².